The lowest BCUT2D eigenvalue weighted by molar-refractivity contribution is 0.0769. The van der Waals surface area contributed by atoms with Gasteiger partial charge >= 0.3 is 0 Å². The molecule has 0 aliphatic carbocycles. The highest BCUT2D eigenvalue weighted by atomic mass is 16.5. The van der Waals surface area contributed by atoms with Gasteiger partial charge in [0.15, 0.2) is 0 Å². The van der Waals surface area contributed by atoms with Crippen LogP contribution in [0.5, 0.6) is 11.5 Å². The largest absolute Gasteiger partial charge is 0.497 e. The van der Waals surface area contributed by atoms with Gasteiger partial charge in [-0.2, -0.15) is 4.98 Å². The molecule has 28 heavy (non-hydrogen) atoms. The lowest BCUT2D eigenvalue weighted by Gasteiger charge is -2.16. The van der Waals surface area contributed by atoms with Gasteiger partial charge in [-0.05, 0) is 56.3 Å². The fourth-order valence-electron chi connectivity index (χ4n) is 2.65. The van der Waals surface area contributed by atoms with E-state index in [9.17, 15) is 4.79 Å². The van der Waals surface area contributed by atoms with Gasteiger partial charge in [-0.15, -0.1) is 0 Å². The van der Waals surface area contributed by atoms with E-state index in [-0.39, 0.29) is 18.6 Å². The normalized spacial score (nSPS) is 10.8. The Morgan fingerprint density at radius 2 is 1.89 bits per heavy atom. The zero-order valence-corrected chi connectivity index (χ0v) is 16.4. The van der Waals surface area contributed by atoms with Gasteiger partial charge in [0.05, 0.1) is 19.8 Å². The quantitative estimate of drug-likeness (QED) is 0.619. The number of methoxy groups -OCH3 is 1. The molecule has 1 heterocycles. The van der Waals surface area contributed by atoms with Gasteiger partial charge in [-0.1, -0.05) is 11.2 Å². The maximum Gasteiger partial charge on any atom is 0.254 e. The third kappa shape index (κ3) is 4.68. The number of carbonyl (C=O) groups is 1. The zero-order valence-electron chi connectivity index (χ0n) is 16.4. The van der Waals surface area contributed by atoms with Crippen molar-refractivity contribution in [2.75, 3.05) is 14.2 Å². The van der Waals surface area contributed by atoms with Crippen LogP contribution in [-0.4, -0.2) is 41.2 Å². The van der Waals surface area contributed by atoms with E-state index in [2.05, 4.69) is 10.1 Å². The molecule has 7 nitrogen and oxygen atoms in total. The monoisotopic (exact) mass is 381 g/mol. The number of rotatable bonds is 7. The summed E-state index contributed by atoms with van der Waals surface area (Å²) in [5.41, 5.74) is 1.35. The molecule has 1 aromatic heterocycles. The fraction of sp³-hybridized carbons (Fsp3) is 0.286. The van der Waals surface area contributed by atoms with Crippen molar-refractivity contribution in [3.05, 3.63) is 60.0 Å². The van der Waals surface area contributed by atoms with E-state index in [1.54, 1.807) is 32.4 Å². The Balaban J connectivity index is 1.68. The first-order valence-corrected chi connectivity index (χ1v) is 8.95. The average Bonchev–Trinajstić information content (AvgIpc) is 3.15. The van der Waals surface area contributed by atoms with Crippen molar-refractivity contribution >= 4 is 5.91 Å². The van der Waals surface area contributed by atoms with Gasteiger partial charge < -0.3 is 18.9 Å². The molecular weight excluding hydrogens is 358 g/mol. The Labute approximate surface area is 163 Å². The number of benzene rings is 2. The van der Waals surface area contributed by atoms with E-state index >= 15 is 0 Å². The molecule has 0 unspecified atom stereocenters. The van der Waals surface area contributed by atoms with Crippen LogP contribution in [0.15, 0.2) is 53.1 Å². The highest BCUT2D eigenvalue weighted by molar-refractivity contribution is 5.94. The van der Waals surface area contributed by atoms with E-state index in [1.807, 2.05) is 44.2 Å². The van der Waals surface area contributed by atoms with E-state index in [1.165, 1.54) is 4.90 Å². The molecule has 0 aliphatic rings. The Kier molecular flexibility index (Phi) is 5.93. The van der Waals surface area contributed by atoms with Crippen molar-refractivity contribution in [3.63, 3.8) is 0 Å². The van der Waals surface area contributed by atoms with Gasteiger partial charge in [0, 0.05) is 18.2 Å². The van der Waals surface area contributed by atoms with Crippen LogP contribution in [0.2, 0.25) is 0 Å². The molecule has 0 saturated heterocycles. The first-order chi connectivity index (χ1) is 13.5. The van der Waals surface area contributed by atoms with Gasteiger partial charge in [-0.25, -0.2) is 0 Å². The van der Waals surface area contributed by atoms with Crippen LogP contribution >= 0.6 is 0 Å². The van der Waals surface area contributed by atoms with Crippen molar-refractivity contribution < 1.29 is 18.8 Å². The zero-order chi connectivity index (χ0) is 20.1. The number of hydrogen-bond acceptors (Lipinski definition) is 6. The van der Waals surface area contributed by atoms with Crippen LogP contribution in [0, 0.1) is 0 Å². The molecule has 2 aromatic carbocycles. The number of hydrogen-bond donors (Lipinski definition) is 0. The second-order valence-electron chi connectivity index (χ2n) is 6.60. The summed E-state index contributed by atoms with van der Waals surface area (Å²) in [5.74, 6) is 2.08. The van der Waals surface area contributed by atoms with Gasteiger partial charge in [-0.3, -0.25) is 4.79 Å². The Morgan fingerprint density at radius 3 is 2.57 bits per heavy atom. The molecule has 0 fully saturated rings. The standard InChI is InChI=1S/C21H23N3O4/c1-14(2)27-18-7-5-6-16(12-18)21(25)24(3)13-19-22-20(23-28-19)15-8-10-17(26-4)11-9-15/h5-12,14H,13H2,1-4H3. The van der Waals surface area contributed by atoms with E-state index in [4.69, 9.17) is 14.0 Å². The third-order valence-electron chi connectivity index (χ3n) is 3.99. The van der Waals surface area contributed by atoms with E-state index in [0.29, 0.717) is 23.0 Å². The Bertz CT molecular complexity index is 935. The number of aromatic nitrogens is 2. The summed E-state index contributed by atoms with van der Waals surface area (Å²) in [5, 5.41) is 3.99. The maximum atomic E-state index is 12.7. The minimum Gasteiger partial charge on any atom is -0.497 e. The molecule has 0 bridgehead atoms. The number of carbonyl (C=O) groups excluding carboxylic acids is 1. The van der Waals surface area contributed by atoms with Crippen LogP contribution < -0.4 is 9.47 Å². The van der Waals surface area contributed by atoms with Crippen molar-refractivity contribution in [1.82, 2.24) is 15.0 Å². The first-order valence-electron chi connectivity index (χ1n) is 8.95. The highest BCUT2D eigenvalue weighted by Gasteiger charge is 2.17. The van der Waals surface area contributed by atoms with Crippen LogP contribution in [0.25, 0.3) is 11.4 Å². The first kappa shape index (κ1) is 19.4. The van der Waals surface area contributed by atoms with Crippen molar-refractivity contribution in [3.8, 4) is 22.9 Å². The molecule has 3 rings (SSSR count). The molecule has 0 saturated carbocycles. The Morgan fingerprint density at radius 1 is 1.14 bits per heavy atom. The molecule has 1 amide bonds. The van der Waals surface area contributed by atoms with Gasteiger partial charge in [0.1, 0.15) is 11.5 Å². The Hall–Kier alpha value is -3.35. The van der Waals surface area contributed by atoms with Crippen molar-refractivity contribution in [2.45, 2.75) is 26.5 Å². The third-order valence-corrected chi connectivity index (χ3v) is 3.99. The average molecular weight is 381 g/mol. The molecular formula is C21H23N3O4. The lowest BCUT2D eigenvalue weighted by Crippen LogP contribution is -2.26. The van der Waals surface area contributed by atoms with Crippen molar-refractivity contribution in [1.29, 1.82) is 0 Å². The van der Waals surface area contributed by atoms with Crippen LogP contribution in [-0.2, 0) is 6.54 Å². The summed E-state index contributed by atoms with van der Waals surface area (Å²) in [4.78, 5) is 18.6. The maximum absolute atomic E-state index is 12.7. The van der Waals surface area contributed by atoms with Gasteiger partial charge in [0.25, 0.3) is 5.91 Å². The molecule has 0 aliphatic heterocycles. The summed E-state index contributed by atoms with van der Waals surface area (Å²) in [6.45, 7) is 4.09. The summed E-state index contributed by atoms with van der Waals surface area (Å²) in [7, 11) is 3.30. The number of nitrogens with zero attached hydrogens (tertiary/aromatic N) is 3. The summed E-state index contributed by atoms with van der Waals surface area (Å²) < 4.78 is 16.1. The predicted octanol–water partition coefficient (Wildman–Crippen LogP) is 3.80. The minimum absolute atomic E-state index is 0.0397. The highest BCUT2D eigenvalue weighted by Crippen LogP contribution is 2.21. The van der Waals surface area contributed by atoms with E-state index < -0.39 is 0 Å². The smallest absolute Gasteiger partial charge is 0.254 e. The van der Waals surface area contributed by atoms with Gasteiger partial charge in [0.2, 0.25) is 11.7 Å². The number of ether oxygens (including phenoxy) is 2. The summed E-state index contributed by atoms with van der Waals surface area (Å²) in [6.07, 6.45) is 0.0397. The lowest BCUT2D eigenvalue weighted by atomic mass is 10.2. The predicted molar refractivity (Wildman–Crippen MR) is 104 cm³/mol. The SMILES string of the molecule is COc1ccc(-c2noc(CN(C)C(=O)c3cccc(OC(C)C)c3)n2)cc1. The molecule has 7 heteroatoms. The molecule has 0 radical (unpaired) electrons. The molecule has 0 spiro atoms. The van der Waals surface area contributed by atoms with E-state index in [0.717, 1.165) is 11.3 Å². The fourth-order valence-corrected chi connectivity index (χ4v) is 2.65. The van der Waals surface area contributed by atoms with Crippen molar-refractivity contribution in [2.24, 2.45) is 0 Å². The van der Waals surface area contributed by atoms with Crippen LogP contribution in [0.4, 0.5) is 0 Å². The minimum atomic E-state index is -0.154. The molecule has 146 valence electrons. The van der Waals surface area contributed by atoms with Crippen LogP contribution in [0.1, 0.15) is 30.1 Å². The second kappa shape index (κ2) is 8.56. The molecule has 0 atom stereocenters. The molecule has 3 aromatic rings. The topological polar surface area (TPSA) is 77.7 Å². The second-order valence-corrected chi connectivity index (χ2v) is 6.60. The summed E-state index contributed by atoms with van der Waals surface area (Å²) in [6, 6.07) is 14.5. The number of amides is 1. The summed E-state index contributed by atoms with van der Waals surface area (Å²) >= 11 is 0. The van der Waals surface area contributed by atoms with Crippen LogP contribution in [0.3, 0.4) is 0 Å². The molecule has 0 N–H and O–H groups in total.